The summed E-state index contributed by atoms with van der Waals surface area (Å²) < 4.78 is 66.0. The Balaban J connectivity index is 0.00000450. The Kier molecular flexibility index (Phi) is 10.4. The molecular weight excluding hydrogens is 540 g/mol. The molecule has 0 aliphatic heterocycles. The number of rotatable bonds is 7. The number of benzene rings is 1. The van der Waals surface area contributed by atoms with Crippen molar-refractivity contribution in [3.05, 3.63) is 51.5 Å². The highest BCUT2D eigenvalue weighted by Gasteiger charge is 2.33. The molecule has 2 rings (SSSR count). The van der Waals surface area contributed by atoms with Gasteiger partial charge in [-0.2, -0.15) is 13.2 Å². The fraction of sp³-hybridized carbons (Fsp3) is 0.444. The first-order valence-electron chi connectivity index (χ1n) is 8.70. The summed E-state index contributed by atoms with van der Waals surface area (Å²) in [7, 11) is 4.93. The zero-order chi connectivity index (χ0) is 21.6. The molecule has 5 nitrogen and oxygen atoms in total. The van der Waals surface area contributed by atoms with Crippen molar-refractivity contribution >= 4 is 41.3 Å². The fourth-order valence-corrected chi connectivity index (χ4v) is 3.43. The first-order chi connectivity index (χ1) is 13.6. The molecule has 1 unspecified atom stereocenters. The van der Waals surface area contributed by atoms with Crippen molar-refractivity contribution in [2.24, 2.45) is 4.99 Å². The van der Waals surface area contributed by atoms with Gasteiger partial charge in [0.2, 0.25) is 0 Å². The average Bonchev–Trinajstić information content (AvgIpc) is 3.11. The minimum atomic E-state index is -4.46. The van der Waals surface area contributed by atoms with Gasteiger partial charge in [0.15, 0.2) is 11.7 Å². The molecule has 2 aromatic rings. The number of likely N-dealkylation sites (N-methyl/N-ethyl adjacent to an activating group) is 1. The topological polar surface area (TPSA) is 52.6 Å². The lowest BCUT2D eigenvalue weighted by molar-refractivity contribution is -0.140. The van der Waals surface area contributed by atoms with Gasteiger partial charge < -0.3 is 15.5 Å². The van der Waals surface area contributed by atoms with E-state index in [1.807, 2.05) is 0 Å². The molecule has 12 heteroatoms. The van der Waals surface area contributed by atoms with Crippen LogP contribution >= 0.6 is 35.3 Å². The highest BCUT2D eigenvalue weighted by molar-refractivity contribution is 14.0. The third-order valence-electron chi connectivity index (χ3n) is 4.12. The zero-order valence-electron chi connectivity index (χ0n) is 16.6. The Labute approximate surface area is 192 Å². The maximum Gasteiger partial charge on any atom is 0.434 e. The van der Waals surface area contributed by atoms with Crippen LogP contribution < -0.4 is 10.6 Å². The lowest BCUT2D eigenvalue weighted by Crippen LogP contribution is -2.42. The van der Waals surface area contributed by atoms with Crippen LogP contribution in [0.15, 0.2) is 28.6 Å². The van der Waals surface area contributed by atoms with E-state index in [9.17, 15) is 22.0 Å². The molecule has 0 saturated carbocycles. The van der Waals surface area contributed by atoms with Crippen molar-refractivity contribution in [1.82, 2.24) is 20.5 Å². The summed E-state index contributed by atoms with van der Waals surface area (Å²) in [6, 6.07) is 3.11. The predicted octanol–water partition coefficient (Wildman–Crippen LogP) is 4.07. The van der Waals surface area contributed by atoms with Crippen molar-refractivity contribution < 1.29 is 22.0 Å². The first kappa shape index (κ1) is 26.5. The number of nitrogens with one attached hydrogen (secondary N) is 2. The Hall–Kier alpha value is -1.54. The summed E-state index contributed by atoms with van der Waals surface area (Å²) in [5, 5.41) is 7.27. The summed E-state index contributed by atoms with van der Waals surface area (Å²) in [5.74, 6) is -0.920. The molecule has 1 heterocycles. The average molecular weight is 563 g/mol. The molecule has 30 heavy (non-hydrogen) atoms. The number of halogens is 6. The highest BCUT2D eigenvalue weighted by Crippen LogP contribution is 2.30. The number of guanidine groups is 1. The van der Waals surface area contributed by atoms with E-state index in [1.54, 1.807) is 19.0 Å². The number of nitrogens with zero attached hydrogens (tertiary/aromatic N) is 3. The Morgan fingerprint density at radius 3 is 2.33 bits per heavy atom. The third-order valence-corrected chi connectivity index (χ3v) is 5.02. The van der Waals surface area contributed by atoms with E-state index in [1.165, 1.54) is 25.2 Å². The van der Waals surface area contributed by atoms with Crippen LogP contribution in [-0.4, -0.2) is 50.1 Å². The Morgan fingerprint density at radius 2 is 1.83 bits per heavy atom. The summed E-state index contributed by atoms with van der Waals surface area (Å²) >= 11 is 0.937. The normalized spacial score (nSPS) is 13.2. The zero-order valence-corrected chi connectivity index (χ0v) is 19.7. The molecule has 0 aliphatic carbocycles. The second-order valence-electron chi connectivity index (χ2n) is 6.37. The minimum Gasteiger partial charge on any atom is -0.356 e. The summed E-state index contributed by atoms with van der Waals surface area (Å²) in [6.45, 7) is 0.463. The van der Waals surface area contributed by atoms with Crippen molar-refractivity contribution in [2.75, 3.05) is 34.2 Å². The van der Waals surface area contributed by atoms with Crippen LogP contribution in [-0.2, 0) is 12.6 Å². The van der Waals surface area contributed by atoms with Gasteiger partial charge in [0, 0.05) is 37.5 Å². The molecule has 0 amide bonds. The summed E-state index contributed by atoms with van der Waals surface area (Å²) in [5.41, 5.74) is -0.955. The Bertz CT molecular complexity index is 820. The maximum absolute atomic E-state index is 14.1. The van der Waals surface area contributed by atoms with Crippen molar-refractivity contribution in [2.45, 2.75) is 18.6 Å². The largest absolute Gasteiger partial charge is 0.434 e. The van der Waals surface area contributed by atoms with Crippen molar-refractivity contribution in [1.29, 1.82) is 0 Å². The molecule has 0 radical (unpaired) electrons. The monoisotopic (exact) mass is 563 g/mol. The van der Waals surface area contributed by atoms with Crippen LogP contribution in [0.4, 0.5) is 22.0 Å². The van der Waals surface area contributed by atoms with E-state index in [0.29, 0.717) is 17.5 Å². The van der Waals surface area contributed by atoms with Gasteiger partial charge in [0.1, 0.15) is 11.6 Å². The second-order valence-corrected chi connectivity index (χ2v) is 7.31. The van der Waals surface area contributed by atoms with Crippen LogP contribution in [0, 0.1) is 11.6 Å². The third kappa shape index (κ3) is 7.30. The molecule has 0 spiro atoms. The summed E-state index contributed by atoms with van der Waals surface area (Å²) in [6.07, 6.45) is -4.18. The molecule has 2 N–H and O–H groups in total. The number of hydrogen-bond acceptors (Lipinski definition) is 4. The van der Waals surface area contributed by atoms with Crippen LogP contribution in [0.1, 0.15) is 22.3 Å². The lowest BCUT2D eigenvalue weighted by atomic mass is 10.0. The summed E-state index contributed by atoms with van der Waals surface area (Å²) in [4.78, 5) is 9.27. The predicted molar refractivity (Wildman–Crippen MR) is 118 cm³/mol. The van der Waals surface area contributed by atoms with Crippen LogP contribution in [0.25, 0.3) is 0 Å². The number of thiazole rings is 1. The van der Waals surface area contributed by atoms with Crippen LogP contribution in [0.3, 0.4) is 0 Å². The van der Waals surface area contributed by atoms with Gasteiger partial charge in [-0.05, 0) is 26.2 Å². The van der Waals surface area contributed by atoms with Gasteiger partial charge >= 0.3 is 6.18 Å². The van der Waals surface area contributed by atoms with E-state index >= 15 is 0 Å². The van der Waals surface area contributed by atoms with Gasteiger partial charge in [-0.3, -0.25) is 4.99 Å². The van der Waals surface area contributed by atoms with E-state index in [-0.39, 0.29) is 42.5 Å². The van der Waals surface area contributed by atoms with Gasteiger partial charge in [-0.15, -0.1) is 35.3 Å². The highest BCUT2D eigenvalue weighted by atomic mass is 127. The van der Waals surface area contributed by atoms with Crippen LogP contribution in [0.5, 0.6) is 0 Å². The number of hydrogen-bond donors (Lipinski definition) is 2. The SMILES string of the molecule is CN=C(NCCc1nc(C(F)(F)F)cs1)NCC(c1c(F)cccc1F)N(C)C.I. The van der Waals surface area contributed by atoms with E-state index in [0.717, 1.165) is 16.7 Å². The molecule has 1 aromatic heterocycles. The standard InChI is InChI=1S/C18H22F5N5S.HI/c1-24-17(25-8-7-15-27-14(10-29-15)18(21,22)23)26-9-13(28(2)3)16-11(19)5-4-6-12(16)20;/h4-6,10,13H,7-9H2,1-3H3,(H2,24,25,26);1H. The number of aromatic nitrogens is 1. The van der Waals surface area contributed by atoms with Gasteiger partial charge in [-0.1, -0.05) is 6.07 Å². The molecule has 0 fully saturated rings. The lowest BCUT2D eigenvalue weighted by Gasteiger charge is -2.26. The van der Waals surface area contributed by atoms with Crippen LogP contribution in [0.2, 0.25) is 0 Å². The maximum atomic E-state index is 14.1. The molecule has 1 atom stereocenters. The number of alkyl halides is 3. The fourth-order valence-electron chi connectivity index (χ4n) is 2.63. The molecule has 0 bridgehead atoms. The molecule has 1 aromatic carbocycles. The molecule has 168 valence electrons. The van der Waals surface area contributed by atoms with Crippen molar-refractivity contribution in [3.8, 4) is 0 Å². The molecule has 0 aliphatic rings. The van der Waals surface area contributed by atoms with Gasteiger partial charge in [0.05, 0.1) is 11.0 Å². The Morgan fingerprint density at radius 1 is 1.20 bits per heavy atom. The second kappa shape index (κ2) is 11.7. The first-order valence-corrected chi connectivity index (χ1v) is 9.58. The number of aliphatic imine (C=N–C) groups is 1. The minimum absolute atomic E-state index is 0. The molecular formula is C18H23F5IN5S. The molecule has 0 saturated heterocycles. The van der Waals surface area contributed by atoms with Gasteiger partial charge in [-0.25, -0.2) is 13.8 Å². The van der Waals surface area contributed by atoms with E-state index in [2.05, 4.69) is 20.6 Å². The van der Waals surface area contributed by atoms with Gasteiger partial charge in [0.25, 0.3) is 0 Å². The van der Waals surface area contributed by atoms with E-state index < -0.39 is 29.5 Å². The van der Waals surface area contributed by atoms with E-state index in [4.69, 9.17) is 0 Å². The van der Waals surface area contributed by atoms with Crippen molar-refractivity contribution in [3.63, 3.8) is 0 Å². The smallest absolute Gasteiger partial charge is 0.356 e. The quantitative estimate of drug-likeness (QED) is 0.231.